The van der Waals surface area contributed by atoms with Crippen LogP contribution in [0.2, 0.25) is 0 Å². The van der Waals surface area contributed by atoms with Crippen molar-refractivity contribution in [3.05, 3.63) is 104 Å². The Balaban J connectivity index is 1.69. The third kappa shape index (κ3) is 5.57. The fourth-order valence-corrected chi connectivity index (χ4v) is 4.28. The molecule has 9 nitrogen and oxygen atoms in total. The van der Waals surface area contributed by atoms with Crippen LogP contribution in [-0.4, -0.2) is 38.3 Å². The second kappa shape index (κ2) is 10.9. The van der Waals surface area contributed by atoms with Gasteiger partial charge in [0.15, 0.2) is 0 Å². The number of carbonyl (C=O) groups is 2. The molecule has 0 spiro atoms. The Hall–Kier alpha value is -4.80. The highest BCUT2D eigenvalue weighted by atomic mass is 19.1. The number of fused-ring (bicyclic) bond motifs is 1. The van der Waals surface area contributed by atoms with Gasteiger partial charge in [-0.15, -0.1) is 0 Å². The van der Waals surface area contributed by atoms with Crippen LogP contribution in [0.5, 0.6) is 5.75 Å². The fraction of sp³-hybridized carbons (Fsp3) is 0.214. The van der Waals surface area contributed by atoms with Crippen LogP contribution in [0.3, 0.4) is 0 Å². The van der Waals surface area contributed by atoms with E-state index < -0.39 is 46.4 Å². The lowest BCUT2D eigenvalue weighted by Gasteiger charge is -2.18. The molecular formula is C28H25F2N3O6. The van der Waals surface area contributed by atoms with Crippen LogP contribution in [0.15, 0.2) is 70.4 Å². The molecule has 0 radical (unpaired) electrons. The van der Waals surface area contributed by atoms with Gasteiger partial charge in [-0.1, -0.05) is 30.3 Å². The third-order valence-corrected chi connectivity index (χ3v) is 6.03. The molecule has 0 unspecified atom stereocenters. The number of benzene rings is 3. The van der Waals surface area contributed by atoms with Crippen molar-refractivity contribution in [2.24, 2.45) is 7.05 Å². The van der Waals surface area contributed by atoms with Crippen molar-refractivity contribution < 1.29 is 28.2 Å². The average molecular weight is 538 g/mol. The van der Waals surface area contributed by atoms with Crippen molar-refractivity contribution in [3.63, 3.8) is 0 Å². The van der Waals surface area contributed by atoms with E-state index in [0.29, 0.717) is 22.0 Å². The summed E-state index contributed by atoms with van der Waals surface area (Å²) >= 11 is 0. The molecule has 0 fully saturated rings. The lowest BCUT2D eigenvalue weighted by Crippen LogP contribution is -2.43. The quantitative estimate of drug-likeness (QED) is 0.356. The van der Waals surface area contributed by atoms with E-state index >= 15 is 0 Å². The van der Waals surface area contributed by atoms with E-state index in [1.54, 1.807) is 50.2 Å². The largest absolute Gasteiger partial charge is 0.491 e. The van der Waals surface area contributed by atoms with Crippen molar-refractivity contribution in [1.82, 2.24) is 14.5 Å². The fourth-order valence-electron chi connectivity index (χ4n) is 4.28. The topological polar surface area (TPSA) is 120 Å². The van der Waals surface area contributed by atoms with E-state index in [1.165, 1.54) is 23.9 Å². The Morgan fingerprint density at radius 3 is 2.28 bits per heavy atom. The van der Waals surface area contributed by atoms with Crippen molar-refractivity contribution in [3.8, 4) is 11.4 Å². The second-order valence-corrected chi connectivity index (χ2v) is 9.17. The highest BCUT2D eigenvalue weighted by Gasteiger charge is 2.26. The number of nitrogens with one attached hydrogen (secondary N) is 1. The molecule has 0 aliphatic heterocycles. The third-order valence-electron chi connectivity index (χ3n) is 6.03. The minimum atomic E-state index is -1.55. The number of carboxylic acids is 1. The summed E-state index contributed by atoms with van der Waals surface area (Å²) in [6.07, 6.45) is 0.750. The van der Waals surface area contributed by atoms with Gasteiger partial charge in [-0.3, -0.25) is 9.59 Å². The number of hydrogen-bond donors (Lipinski definition) is 2. The number of nitrogens with zero attached hydrogens (tertiary/aromatic N) is 2. The normalized spacial score (nSPS) is 11.9. The summed E-state index contributed by atoms with van der Waals surface area (Å²) in [6.45, 7) is 3.34. The lowest BCUT2D eigenvalue weighted by atomic mass is 9.97. The standard InChI is InChI=1S/C28H25F2N3O6/c1-15(2)39-17-13-20(29)25(21(30)14-17)26(35)31-22(27(36)37)12-16-6-4-8-19-18(16)7-5-9-23(19)33-24(34)10-11-32(3)28(33)38/h4-11,13-15,22H,12H2,1-3H3,(H,31,35)(H,36,37)/t22-/m0/s1. The van der Waals surface area contributed by atoms with E-state index in [2.05, 4.69) is 5.32 Å². The second-order valence-electron chi connectivity index (χ2n) is 9.17. The van der Waals surface area contributed by atoms with Gasteiger partial charge in [-0.2, -0.15) is 0 Å². The monoisotopic (exact) mass is 537 g/mol. The molecule has 0 aliphatic carbocycles. The summed E-state index contributed by atoms with van der Waals surface area (Å²) in [4.78, 5) is 50.0. The predicted octanol–water partition coefficient (Wildman–Crippen LogP) is 3.18. The molecule has 1 amide bonds. The molecule has 0 aliphatic rings. The number of halogens is 2. The Bertz CT molecular complexity index is 1690. The summed E-state index contributed by atoms with van der Waals surface area (Å²) < 4.78 is 36.7. The number of aryl methyl sites for hydroxylation is 1. The number of rotatable bonds is 8. The first-order chi connectivity index (χ1) is 18.5. The van der Waals surface area contributed by atoms with E-state index in [1.807, 2.05) is 0 Å². The molecule has 1 aromatic heterocycles. The summed E-state index contributed by atoms with van der Waals surface area (Å²) in [6, 6.07) is 11.2. The van der Waals surface area contributed by atoms with Gasteiger partial charge >= 0.3 is 11.7 Å². The number of hydrogen-bond acceptors (Lipinski definition) is 5. The molecule has 202 valence electrons. The maximum Gasteiger partial charge on any atom is 0.335 e. The van der Waals surface area contributed by atoms with Crippen molar-refractivity contribution in [2.75, 3.05) is 0 Å². The molecule has 4 rings (SSSR count). The highest BCUT2D eigenvalue weighted by Crippen LogP contribution is 2.26. The number of carbonyl (C=O) groups excluding carboxylic acids is 1. The van der Waals surface area contributed by atoms with Crippen LogP contribution in [0, 0.1) is 11.6 Å². The summed E-state index contributed by atoms with van der Waals surface area (Å²) in [7, 11) is 1.51. The van der Waals surface area contributed by atoms with Crippen LogP contribution in [-0.2, 0) is 18.3 Å². The van der Waals surface area contributed by atoms with Crippen LogP contribution in [0.25, 0.3) is 16.5 Å². The molecule has 0 saturated heterocycles. The summed E-state index contributed by atoms with van der Waals surface area (Å²) in [5.41, 5.74) is -1.28. The summed E-state index contributed by atoms with van der Waals surface area (Å²) in [5.74, 6) is -5.17. The zero-order chi connectivity index (χ0) is 28.4. The van der Waals surface area contributed by atoms with Gasteiger partial charge in [0.1, 0.15) is 29.0 Å². The van der Waals surface area contributed by atoms with Gasteiger partial charge in [0.05, 0.1) is 11.8 Å². The SMILES string of the molecule is CC(C)Oc1cc(F)c(C(=O)N[C@@H](Cc2cccc3c(-n4c(=O)ccn(C)c4=O)cccc23)C(=O)O)c(F)c1. The van der Waals surface area contributed by atoms with Gasteiger partial charge in [0, 0.05) is 43.3 Å². The molecule has 1 heterocycles. The number of aliphatic carboxylic acids is 1. The highest BCUT2D eigenvalue weighted by molar-refractivity contribution is 5.98. The summed E-state index contributed by atoms with van der Waals surface area (Å²) in [5, 5.41) is 13.0. The van der Waals surface area contributed by atoms with Gasteiger partial charge in [0.25, 0.3) is 11.5 Å². The predicted molar refractivity (Wildman–Crippen MR) is 140 cm³/mol. The number of amides is 1. The maximum atomic E-state index is 14.6. The molecule has 2 N–H and O–H groups in total. The first-order valence-electron chi connectivity index (χ1n) is 12.0. The molecule has 39 heavy (non-hydrogen) atoms. The Kier molecular flexibility index (Phi) is 7.61. The molecular weight excluding hydrogens is 512 g/mol. The Labute approximate surface area is 220 Å². The first kappa shape index (κ1) is 27.2. The van der Waals surface area contributed by atoms with E-state index in [4.69, 9.17) is 4.74 Å². The number of ether oxygens (including phenoxy) is 1. The van der Waals surface area contributed by atoms with Crippen LogP contribution in [0.4, 0.5) is 8.78 Å². The number of carboxylic acid groups (broad SMARTS) is 1. The van der Waals surface area contributed by atoms with Gasteiger partial charge in [-0.05, 0) is 30.9 Å². The van der Waals surface area contributed by atoms with Crippen molar-refractivity contribution in [2.45, 2.75) is 32.4 Å². The minimum Gasteiger partial charge on any atom is -0.491 e. The van der Waals surface area contributed by atoms with Crippen LogP contribution >= 0.6 is 0 Å². The lowest BCUT2D eigenvalue weighted by molar-refractivity contribution is -0.139. The molecule has 0 saturated carbocycles. The van der Waals surface area contributed by atoms with Crippen LogP contribution in [0.1, 0.15) is 29.8 Å². The molecule has 11 heteroatoms. The smallest absolute Gasteiger partial charge is 0.335 e. The molecule has 1 atom stereocenters. The molecule has 0 bridgehead atoms. The zero-order valence-corrected chi connectivity index (χ0v) is 21.3. The van der Waals surface area contributed by atoms with Gasteiger partial charge < -0.3 is 19.7 Å². The van der Waals surface area contributed by atoms with E-state index in [9.17, 15) is 33.1 Å². The number of aromatic nitrogens is 2. The Morgan fingerprint density at radius 2 is 1.64 bits per heavy atom. The average Bonchev–Trinajstić information content (AvgIpc) is 2.85. The molecule has 4 aromatic rings. The van der Waals surface area contributed by atoms with E-state index in [-0.39, 0.29) is 18.3 Å². The van der Waals surface area contributed by atoms with Crippen molar-refractivity contribution in [1.29, 1.82) is 0 Å². The van der Waals surface area contributed by atoms with E-state index in [0.717, 1.165) is 16.7 Å². The van der Waals surface area contributed by atoms with Crippen LogP contribution < -0.4 is 21.3 Å². The molecule has 3 aromatic carbocycles. The minimum absolute atomic E-state index is 0.106. The van der Waals surface area contributed by atoms with Gasteiger partial charge in [-0.25, -0.2) is 22.9 Å². The first-order valence-corrected chi connectivity index (χ1v) is 12.0. The maximum absolute atomic E-state index is 14.6. The van der Waals surface area contributed by atoms with Gasteiger partial charge in [0.2, 0.25) is 0 Å². The Morgan fingerprint density at radius 1 is 1.00 bits per heavy atom. The van der Waals surface area contributed by atoms with Crippen molar-refractivity contribution >= 4 is 22.6 Å². The zero-order valence-electron chi connectivity index (χ0n) is 21.3.